The van der Waals surface area contributed by atoms with E-state index >= 15 is 0 Å². The molecule has 0 aliphatic heterocycles. The van der Waals surface area contributed by atoms with Crippen molar-refractivity contribution in [2.24, 2.45) is 0 Å². The first-order valence-electron chi connectivity index (χ1n) is 16.5. The first kappa shape index (κ1) is 28.7. The molecular formula is C45H30N4. The summed E-state index contributed by atoms with van der Waals surface area (Å²) in [6.07, 6.45) is 2.00. The van der Waals surface area contributed by atoms with Gasteiger partial charge in [0.1, 0.15) is 0 Å². The molecule has 49 heavy (non-hydrogen) atoms. The average molecular weight is 627 g/mol. The quantitative estimate of drug-likeness (QED) is 0.184. The van der Waals surface area contributed by atoms with Crippen LogP contribution < -0.4 is 0 Å². The van der Waals surface area contributed by atoms with Crippen LogP contribution >= 0.6 is 0 Å². The maximum Gasteiger partial charge on any atom is 0.160 e. The summed E-state index contributed by atoms with van der Waals surface area (Å²) in [5.74, 6) is 1.35. The van der Waals surface area contributed by atoms with Gasteiger partial charge in [0, 0.05) is 34.0 Å². The molecule has 0 spiro atoms. The summed E-state index contributed by atoms with van der Waals surface area (Å²) in [5.41, 5.74) is 11.9. The SMILES string of the molecule is c1ccc(-c2cc(-c3ccccc3)nc(-c3ccc(-c4ncc5c(n4)C(c4ccccc4)(c4ccccc4)c4ccccc4-5)cc3)n2)cc1. The minimum Gasteiger partial charge on any atom is -0.236 e. The van der Waals surface area contributed by atoms with Crippen LogP contribution in [0.4, 0.5) is 0 Å². The van der Waals surface area contributed by atoms with Crippen LogP contribution in [0, 0.1) is 0 Å². The molecule has 0 radical (unpaired) electrons. The third kappa shape index (κ3) is 4.85. The lowest BCUT2D eigenvalue weighted by Gasteiger charge is -2.32. The van der Waals surface area contributed by atoms with Gasteiger partial charge in [0.2, 0.25) is 0 Å². The predicted octanol–water partition coefficient (Wildman–Crippen LogP) is 10.3. The van der Waals surface area contributed by atoms with Crippen LogP contribution in [-0.2, 0) is 5.41 Å². The summed E-state index contributed by atoms with van der Waals surface area (Å²) >= 11 is 0. The molecule has 4 nitrogen and oxygen atoms in total. The molecule has 6 aromatic carbocycles. The largest absolute Gasteiger partial charge is 0.236 e. The fourth-order valence-corrected chi connectivity index (χ4v) is 7.16. The summed E-state index contributed by atoms with van der Waals surface area (Å²) in [7, 11) is 0. The van der Waals surface area contributed by atoms with E-state index in [9.17, 15) is 0 Å². The van der Waals surface area contributed by atoms with Crippen LogP contribution in [0.1, 0.15) is 22.4 Å². The van der Waals surface area contributed by atoms with Crippen LogP contribution in [0.2, 0.25) is 0 Å². The first-order valence-corrected chi connectivity index (χ1v) is 16.5. The molecule has 0 unspecified atom stereocenters. The molecule has 8 aromatic rings. The third-order valence-electron chi connectivity index (χ3n) is 9.45. The lowest BCUT2D eigenvalue weighted by atomic mass is 9.69. The zero-order chi connectivity index (χ0) is 32.6. The number of hydrogen-bond donors (Lipinski definition) is 0. The highest BCUT2D eigenvalue weighted by Crippen LogP contribution is 2.55. The second-order valence-corrected chi connectivity index (χ2v) is 12.3. The van der Waals surface area contributed by atoms with Crippen LogP contribution in [0.15, 0.2) is 182 Å². The molecule has 0 bridgehead atoms. The van der Waals surface area contributed by atoms with Crippen molar-refractivity contribution in [3.8, 4) is 56.4 Å². The lowest BCUT2D eigenvalue weighted by Crippen LogP contribution is -2.29. The van der Waals surface area contributed by atoms with Crippen molar-refractivity contribution in [1.82, 2.24) is 19.9 Å². The van der Waals surface area contributed by atoms with Crippen LogP contribution in [0.3, 0.4) is 0 Å². The summed E-state index contributed by atoms with van der Waals surface area (Å²) in [4.78, 5) is 20.4. The van der Waals surface area contributed by atoms with E-state index in [0.717, 1.165) is 50.5 Å². The maximum absolute atomic E-state index is 5.41. The highest BCUT2D eigenvalue weighted by molar-refractivity contribution is 5.85. The van der Waals surface area contributed by atoms with Gasteiger partial charge >= 0.3 is 0 Å². The van der Waals surface area contributed by atoms with E-state index in [2.05, 4.69) is 140 Å². The van der Waals surface area contributed by atoms with Crippen LogP contribution in [0.5, 0.6) is 0 Å². The van der Waals surface area contributed by atoms with Crippen molar-refractivity contribution in [1.29, 1.82) is 0 Å². The molecule has 0 amide bonds. The molecular weight excluding hydrogens is 597 g/mol. The molecule has 0 atom stereocenters. The van der Waals surface area contributed by atoms with Crippen molar-refractivity contribution >= 4 is 0 Å². The van der Waals surface area contributed by atoms with Gasteiger partial charge in [-0.25, -0.2) is 19.9 Å². The Morgan fingerprint density at radius 3 is 1.39 bits per heavy atom. The van der Waals surface area contributed by atoms with Crippen molar-refractivity contribution in [3.05, 3.63) is 205 Å². The van der Waals surface area contributed by atoms with Gasteiger partial charge in [0.25, 0.3) is 0 Å². The normalized spacial score (nSPS) is 12.7. The zero-order valence-corrected chi connectivity index (χ0v) is 26.6. The molecule has 230 valence electrons. The Bertz CT molecular complexity index is 2310. The highest BCUT2D eigenvalue weighted by atomic mass is 14.9. The Balaban J connectivity index is 1.17. The highest BCUT2D eigenvalue weighted by Gasteiger charge is 2.47. The molecule has 9 rings (SSSR count). The van der Waals surface area contributed by atoms with Crippen molar-refractivity contribution < 1.29 is 0 Å². The van der Waals surface area contributed by atoms with E-state index in [-0.39, 0.29) is 0 Å². The van der Waals surface area contributed by atoms with Crippen LogP contribution in [-0.4, -0.2) is 19.9 Å². The molecule has 4 heteroatoms. The van der Waals surface area contributed by atoms with E-state index in [4.69, 9.17) is 19.9 Å². The number of aromatic nitrogens is 4. The van der Waals surface area contributed by atoms with Gasteiger partial charge in [-0.15, -0.1) is 0 Å². The average Bonchev–Trinajstić information content (AvgIpc) is 3.49. The topological polar surface area (TPSA) is 51.6 Å². The lowest BCUT2D eigenvalue weighted by molar-refractivity contribution is 0.736. The van der Waals surface area contributed by atoms with Crippen molar-refractivity contribution in [3.63, 3.8) is 0 Å². The minimum atomic E-state index is -0.578. The smallest absolute Gasteiger partial charge is 0.160 e. The minimum absolute atomic E-state index is 0.578. The fraction of sp³-hybridized carbons (Fsp3) is 0.0222. The summed E-state index contributed by atoms with van der Waals surface area (Å²) in [5, 5.41) is 0. The first-order chi connectivity index (χ1) is 24.3. The maximum atomic E-state index is 5.41. The summed E-state index contributed by atoms with van der Waals surface area (Å²) in [6, 6.07) is 60.9. The van der Waals surface area contributed by atoms with Gasteiger partial charge in [-0.2, -0.15) is 0 Å². The molecule has 2 aromatic heterocycles. The molecule has 1 aliphatic rings. The third-order valence-corrected chi connectivity index (χ3v) is 9.45. The Hall–Kier alpha value is -6.52. The van der Waals surface area contributed by atoms with Gasteiger partial charge in [0.15, 0.2) is 11.6 Å². The van der Waals surface area contributed by atoms with E-state index in [1.807, 2.05) is 42.6 Å². The Morgan fingerprint density at radius 1 is 0.367 bits per heavy atom. The molecule has 2 heterocycles. The second-order valence-electron chi connectivity index (χ2n) is 12.3. The van der Waals surface area contributed by atoms with E-state index in [1.54, 1.807) is 0 Å². The van der Waals surface area contributed by atoms with Crippen LogP contribution in [0.25, 0.3) is 56.4 Å². The number of rotatable bonds is 6. The summed E-state index contributed by atoms with van der Waals surface area (Å²) < 4.78 is 0. The predicted molar refractivity (Wildman–Crippen MR) is 197 cm³/mol. The standard InChI is InChI=1S/C45H30N4/c1-5-15-31(16-6-1)40-29-41(32-17-7-2-8-18-32)48-44(47-40)34-27-25-33(26-28-34)43-46-30-38-37-23-13-14-24-39(37)45(42(38)49-43,35-19-9-3-10-20-35)36-21-11-4-12-22-36/h1-30H. The monoisotopic (exact) mass is 626 g/mol. The number of benzene rings is 6. The number of nitrogens with zero attached hydrogens (tertiary/aromatic N) is 4. The van der Waals surface area contributed by atoms with Gasteiger partial charge in [-0.1, -0.05) is 170 Å². The van der Waals surface area contributed by atoms with Gasteiger partial charge in [-0.3, -0.25) is 0 Å². The molecule has 0 saturated carbocycles. The van der Waals surface area contributed by atoms with Gasteiger partial charge in [0.05, 0.1) is 22.5 Å². The molecule has 0 saturated heterocycles. The van der Waals surface area contributed by atoms with E-state index in [0.29, 0.717) is 11.6 Å². The van der Waals surface area contributed by atoms with E-state index in [1.165, 1.54) is 16.7 Å². The Kier molecular flexibility index (Phi) is 6.98. The van der Waals surface area contributed by atoms with E-state index < -0.39 is 5.41 Å². The number of fused-ring (bicyclic) bond motifs is 3. The Labute approximate surface area is 285 Å². The Morgan fingerprint density at radius 2 is 0.837 bits per heavy atom. The van der Waals surface area contributed by atoms with Gasteiger partial charge in [-0.05, 0) is 28.3 Å². The molecule has 1 aliphatic carbocycles. The number of hydrogen-bond acceptors (Lipinski definition) is 4. The fourth-order valence-electron chi connectivity index (χ4n) is 7.16. The second kappa shape index (κ2) is 11.9. The van der Waals surface area contributed by atoms with Crippen molar-refractivity contribution in [2.45, 2.75) is 5.41 Å². The van der Waals surface area contributed by atoms with Crippen molar-refractivity contribution in [2.75, 3.05) is 0 Å². The zero-order valence-electron chi connectivity index (χ0n) is 26.6. The summed E-state index contributed by atoms with van der Waals surface area (Å²) in [6.45, 7) is 0. The molecule has 0 fully saturated rings. The molecule has 0 N–H and O–H groups in total. The van der Waals surface area contributed by atoms with Gasteiger partial charge < -0.3 is 0 Å².